The number of rotatable bonds is 5. The van der Waals surface area contributed by atoms with Crippen LogP contribution in [-0.4, -0.2) is 38.3 Å². The van der Waals surface area contributed by atoms with Gasteiger partial charge in [0.15, 0.2) is 4.96 Å². The molecule has 27 heavy (non-hydrogen) atoms. The highest BCUT2D eigenvalue weighted by atomic mass is 32.1. The van der Waals surface area contributed by atoms with Crippen molar-refractivity contribution in [1.82, 2.24) is 24.5 Å². The van der Waals surface area contributed by atoms with E-state index in [1.165, 1.54) is 5.69 Å². The molecule has 0 saturated carbocycles. The minimum atomic E-state index is 0.560. The van der Waals surface area contributed by atoms with Gasteiger partial charge in [0.1, 0.15) is 0 Å². The van der Waals surface area contributed by atoms with E-state index >= 15 is 0 Å². The summed E-state index contributed by atoms with van der Waals surface area (Å²) in [5, 5.41) is 10.0. The summed E-state index contributed by atoms with van der Waals surface area (Å²) >= 11 is 1.68. The molecule has 1 aliphatic heterocycles. The van der Waals surface area contributed by atoms with Crippen LogP contribution < -0.4 is 10.2 Å². The first-order valence-electron chi connectivity index (χ1n) is 9.35. The number of thiazole rings is 1. The van der Waals surface area contributed by atoms with E-state index in [0.29, 0.717) is 6.04 Å². The molecule has 0 bridgehead atoms. The van der Waals surface area contributed by atoms with Gasteiger partial charge in [-0.15, -0.1) is 11.3 Å². The quantitative estimate of drug-likeness (QED) is 0.579. The second kappa shape index (κ2) is 7.17. The van der Waals surface area contributed by atoms with Crippen LogP contribution in [0, 0.1) is 0 Å². The van der Waals surface area contributed by atoms with E-state index in [9.17, 15) is 0 Å². The Morgan fingerprint density at radius 1 is 1.07 bits per heavy atom. The smallest absolute Gasteiger partial charge is 0.193 e. The number of hydrogen-bond donors (Lipinski definition) is 1. The summed E-state index contributed by atoms with van der Waals surface area (Å²) in [7, 11) is 0. The second-order valence-corrected chi connectivity index (χ2v) is 7.81. The Morgan fingerprint density at radius 2 is 1.89 bits per heavy atom. The van der Waals surface area contributed by atoms with Gasteiger partial charge in [-0.1, -0.05) is 0 Å². The second-order valence-electron chi connectivity index (χ2n) is 6.93. The topological polar surface area (TPSA) is 50.4 Å². The van der Waals surface area contributed by atoms with Crippen molar-refractivity contribution in [3.8, 4) is 5.69 Å². The maximum absolute atomic E-state index is 4.65. The van der Waals surface area contributed by atoms with Gasteiger partial charge in [-0.05, 0) is 43.2 Å². The molecule has 4 heterocycles. The molecule has 5 rings (SSSR count). The summed E-state index contributed by atoms with van der Waals surface area (Å²) < 4.78 is 3.98. The average Bonchev–Trinajstić information content (AvgIpc) is 3.44. The predicted octanol–water partition coefficient (Wildman–Crippen LogP) is 3.34. The maximum Gasteiger partial charge on any atom is 0.193 e. The van der Waals surface area contributed by atoms with Gasteiger partial charge in [0, 0.05) is 61.5 Å². The SMILES string of the molecule is c1cnn(-c2ccc(N3CCC(NCc4cn5ccsc5n4)CC3)cc2)c1. The highest BCUT2D eigenvalue weighted by molar-refractivity contribution is 7.15. The first-order chi connectivity index (χ1) is 13.3. The van der Waals surface area contributed by atoms with Crippen molar-refractivity contribution < 1.29 is 0 Å². The lowest BCUT2D eigenvalue weighted by molar-refractivity contribution is 0.412. The predicted molar refractivity (Wildman–Crippen MR) is 109 cm³/mol. The lowest BCUT2D eigenvalue weighted by Gasteiger charge is -2.34. The molecule has 7 heteroatoms. The number of piperidine rings is 1. The first-order valence-corrected chi connectivity index (χ1v) is 10.2. The standard InChI is InChI=1S/C20H22N6S/c1-8-22-26(9-1)19-4-2-18(3-5-19)24-10-6-16(7-11-24)21-14-17-15-25-12-13-27-20(25)23-17/h1-5,8-9,12-13,15-16,21H,6-7,10-11,14H2. The van der Waals surface area contributed by atoms with E-state index in [1.807, 2.05) is 16.9 Å². The highest BCUT2D eigenvalue weighted by Crippen LogP contribution is 2.22. The van der Waals surface area contributed by atoms with Gasteiger partial charge in [0.2, 0.25) is 0 Å². The summed E-state index contributed by atoms with van der Waals surface area (Å²) in [6, 6.07) is 11.2. The van der Waals surface area contributed by atoms with Crippen molar-refractivity contribution in [2.75, 3.05) is 18.0 Å². The molecule has 6 nitrogen and oxygen atoms in total. The van der Waals surface area contributed by atoms with E-state index < -0.39 is 0 Å². The van der Waals surface area contributed by atoms with Gasteiger partial charge in [0.05, 0.1) is 11.4 Å². The van der Waals surface area contributed by atoms with Gasteiger partial charge in [-0.2, -0.15) is 5.10 Å². The van der Waals surface area contributed by atoms with Crippen molar-refractivity contribution in [2.24, 2.45) is 0 Å². The molecule has 1 fully saturated rings. The molecule has 0 atom stereocenters. The molecular formula is C20H22N6S. The zero-order valence-electron chi connectivity index (χ0n) is 15.0. The fraction of sp³-hybridized carbons (Fsp3) is 0.300. The molecule has 1 N–H and O–H groups in total. The van der Waals surface area contributed by atoms with Gasteiger partial charge in [-0.25, -0.2) is 9.67 Å². The molecule has 1 saturated heterocycles. The van der Waals surface area contributed by atoms with Crippen LogP contribution in [0.15, 0.2) is 60.5 Å². The Bertz CT molecular complexity index is 964. The molecule has 0 radical (unpaired) electrons. The van der Waals surface area contributed by atoms with Crippen LogP contribution >= 0.6 is 11.3 Å². The number of nitrogens with one attached hydrogen (secondary N) is 1. The summed E-state index contributed by atoms with van der Waals surface area (Å²) in [4.78, 5) is 8.19. The van der Waals surface area contributed by atoms with Gasteiger partial charge < -0.3 is 10.2 Å². The maximum atomic E-state index is 4.65. The monoisotopic (exact) mass is 378 g/mol. The van der Waals surface area contributed by atoms with Gasteiger partial charge in [0.25, 0.3) is 0 Å². The fourth-order valence-electron chi connectivity index (χ4n) is 3.69. The third-order valence-electron chi connectivity index (χ3n) is 5.19. The third kappa shape index (κ3) is 3.48. The van der Waals surface area contributed by atoms with E-state index in [4.69, 9.17) is 0 Å². The first kappa shape index (κ1) is 16.5. The van der Waals surface area contributed by atoms with Crippen LogP contribution in [0.4, 0.5) is 5.69 Å². The van der Waals surface area contributed by atoms with Crippen LogP contribution in [0.25, 0.3) is 10.6 Å². The number of nitrogens with zero attached hydrogens (tertiary/aromatic N) is 5. The molecule has 4 aromatic rings. The Hall–Kier alpha value is -2.64. The number of imidazole rings is 1. The van der Waals surface area contributed by atoms with Crippen LogP contribution in [0.5, 0.6) is 0 Å². The Kier molecular flexibility index (Phi) is 4.39. The summed E-state index contributed by atoms with van der Waals surface area (Å²) in [6.07, 6.45) is 10.3. The normalized spacial score (nSPS) is 15.6. The minimum absolute atomic E-state index is 0.560. The van der Waals surface area contributed by atoms with Crippen LogP contribution in [0.2, 0.25) is 0 Å². The third-order valence-corrected chi connectivity index (χ3v) is 5.96. The van der Waals surface area contributed by atoms with E-state index in [2.05, 4.69) is 66.7 Å². The summed E-state index contributed by atoms with van der Waals surface area (Å²) in [5.41, 5.74) is 3.51. The lowest BCUT2D eigenvalue weighted by atomic mass is 10.0. The zero-order valence-corrected chi connectivity index (χ0v) is 15.8. The Balaban J connectivity index is 1.14. The van der Waals surface area contributed by atoms with E-state index in [-0.39, 0.29) is 0 Å². The molecule has 138 valence electrons. The van der Waals surface area contributed by atoms with Crippen molar-refractivity contribution >= 4 is 22.0 Å². The van der Waals surface area contributed by atoms with Gasteiger partial charge in [-0.3, -0.25) is 4.40 Å². The Morgan fingerprint density at radius 3 is 2.63 bits per heavy atom. The number of anilines is 1. The van der Waals surface area contributed by atoms with Crippen LogP contribution in [-0.2, 0) is 6.54 Å². The molecule has 0 aliphatic carbocycles. The molecule has 3 aromatic heterocycles. The van der Waals surface area contributed by atoms with E-state index in [1.54, 1.807) is 17.5 Å². The van der Waals surface area contributed by atoms with E-state index in [0.717, 1.165) is 48.8 Å². The largest absolute Gasteiger partial charge is 0.371 e. The zero-order chi connectivity index (χ0) is 18.1. The van der Waals surface area contributed by atoms with Crippen LogP contribution in [0.1, 0.15) is 18.5 Å². The van der Waals surface area contributed by atoms with Crippen molar-refractivity contribution in [3.63, 3.8) is 0 Å². The minimum Gasteiger partial charge on any atom is -0.371 e. The number of hydrogen-bond acceptors (Lipinski definition) is 5. The van der Waals surface area contributed by atoms with Crippen molar-refractivity contribution in [1.29, 1.82) is 0 Å². The Labute approximate surface area is 162 Å². The molecule has 0 amide bonds. The number of aromatic nitrogens is 4. The fourth-order valence-corrected chi connectivity index (χ4v) is 4.41. The van der Waals surface area contributed by atoms with Gasteiger partial charge >= 0.3 is 0 Å². The van der Waals surface area contributed by atoms with Crippen LogP contribution in [0.3, 0.4) is 0 Å². The summed E-state index contributed by atoms with van der Waals surface area (Å²) in [5.74, 6) is 0. The molecule has 1 aliphatic rings. The van der Waals surface area contributed by atoms with Crippen molar-refractivity contribution in [3.05, 3.63) is 66.2 Å². The summed E-state index contributed by atoms with van der Waals surface area (Å²) in [6.45, 7) is 3.01. The lowest BCUT2D eigenvalue weighted by Crippen LogP contribution is -2.42. The molecule has 0 spiro atoms. The molecule has 0 unspecified atom stereocenters. The number of fused-ring (bicyclic) bond motifs is 1. The highest BCUT2D eigenvalue weighted by Gasteiger charge is 2.19. The molecule has 1 aromatic carbocycles. The average molecular weight is 379 g/mol. The number of benzene rings is 1. The van der Waals surface area contributed by atoms with Crippen molar-refractivity contribution in [2.45, 2.75) is 25.4 Å². The molecular weight excluding hydrogens is 356 g/mol.